The Morgan fingerprint density at radius 1 is 0.977 bits per heavy atom. The molecule has 224 valence electrons. The highest BCUT2D eigenvalue weighted by Crippen LogP contribution is 2.27. The third-order valence-corrected chi connectivity index (χ3v) is 5.97. The summed E-state index contributed by atoms with van der Waals surface area (Å²) in [6, 6.07) is 17.3. The first-order valence-corrected chi connectivity index (χ1v) is 13.6. The van der Waals surface area contributed by atoms with Gasteiger partial charge >= 0.3 is 12.1 Å². The summed E-state index contributed by atoms with van der Waals surface area (Å²) < 4.78 is 16.4. The van der Waals surface area contributed by atoms with Gasteiger partial charge < -0.3 is 29.7 Å². The molecule has 0 aliphatic carbocycles. The number of rotatable bonds is 12. The molecule has 12 nitrogen and oxygen atoms in total. The van der Waals surface area contributed by atoms with E-state index in [1.807, 2.05) is 36.4 Å². The maximum atomic E-state index is 12.7. The van der Waals surface area contributed by atoms with Gasteiger partial charge in [-0.3, -0.25) is 4.79 Å². The van der Waals surface area contributed by atoms with Gasteiger partial charge in [-0.1, -0.05) is 35.5 Å². The Labute approximate surface area is 248 Å². The Morgan fingerprint density at radius 3 is 2.42 bits per heavy atom. The highest BCUT2D eigenvalue weighted by atomic mass is 16.6. The van der Waals surface area contributed by atoms with Gasteiger partial charge in [0.2, 0.25) is 11.8 Å². The van der Waals surface area contributed by atoms with E-state index in [0.29, 0.717) is 35.9 Å². The number of ether oxygens (including phenoxy) is 2. The van der Waals surface area contributed by atoms with Crippen LogP contribution in [0.25, 0.3) is 11.3 Å². The first-order valence-electron chi connectivity index (χ1n) is 13.6. The van der Waals surface area contributed by atoms with Crippen molar-refractivity contribution < 1.29 is 33.5 Å². The van der Waals surface area contributed by atoms with Gasteiger partial charge in [0.05, 0.1) is 11.3 Å². The SMILES string of the molecule is CC(C)(C)OC(=O)N[C@@H](CCC(=O)Nc1ncccc1-c1cc(Cc2ccc(COc3ccccn3)cc2)no1)C(=O)O. The van der Waals surface area contributed by atoms with Crippen LogP contribution >= 0.6 is 0 Å². The number of anilines is 1. The van der Waals surface area contributed by atoms with Gasteiger partial charge in [-0.15, -0.1) is 0 Å². The van der Waals surface area contributed by atoms with Crippen molar-refractivity contribution in [2.45, 2.75) is 58.3 Å². The topological polar surface area (TPSA) is 166 Å². The van der Waals surface area contributed by atoms with Gasteiger partial charge in [-0.2, -0.15) is 0 Å². The van der Waals surface area contributed by atoms with Crippen molar-refractivity contribution in [2.75, 3.05) is 5.32 Å². The number of aliphatic carboxylic acids is 1. The van der Waals surface area contributed by atoms with Crippen LogP contribution in [0.2, 0.25) is 0 Å². The fourth-order valence-electron chi connectivity index (χ4n) is 3.96. The van der Waals surface area contributed by atoms with Gasteiger partial charge in [-0.25, -0.2) is 19.6 Å². The molecule has 3 N–H and O–H groups in total. The van der Waals surface area contributed by atoms with Crippen molar-refractivity contribution in [3.63, 3.8) is 0 Å². The molecule has 0 saturated carbocycles. The van der Waals surface area contributed by atoms with Gasteiger partial charge in [0.1, 0.15) is 24.1 Å². The lowest BCUT2D eigenvalue weighted by Crippen LogP contribution is -2.43. The highest BCUT2D eigenvalue weighted by molar-refractivity contribution is 5.94. The molecule has 0 radical (unpaired) electrons. The Kier molecular flexibility index (Phi) is 10.0. The average molecular weight is 588 g/mol. The monoisotopic (exact) mass is 587 g/mol. The minimum atomic E-state index is -1.30. The lowest BCUT2D eigenvalue weighted by molar-refractivity contribution is -0.139. The van der Waals surface area contributed by atoms with Crippen molar-refractivity contribution in [1.82, 2.24) is 20.4 Å². The Bertz CT molecular complexity index is 1530. The zero-order chi connectivity index (χ0) is 30.8. The summed E-state index contributed by atoms with van der Waals surface area (Å²) in [5.74, 6) is -0.552. The number of hydrogen-bond acceptors (Lipinski definition) is 9. The third-order valence-electron chi connectivity index (χ3n) is 5.97. The molecule has 1 aromatic carbocycles. The van der Waals surface area contributed by atoms with Crippen LogP contribution in [0, 0.1) is 0 Å². The molecule has 12 heteroatoms. The molecule has 2 amide bonds. The maximum absolute atomic E-state index is 12.7. The van der Waals surface area contributed by atoms with Crippen LogP contribution in [0.15, 0.2) is 77.6 Å². The molecule has 0 bridgehead atoms. The van der Waals surface area contributed by atoms with Crippen molar-refractivity contribution in [2.24, 2.45) is 0 Å². The molecule has 3 heterocycles. The number of nitrogens with zero attached hydrogens (tertiary/aromatic N) is 3. The predicted octanol–water partition coefficient (Wildman–Crippen LogP) is 5.00. The summed E-state index contributed by atoms with van der Waals surface area (Å²) in [7, 11) is 0. The summed E-state index contributed by atoms with van der Waals surface area (Å²) in [6.45, 7) is 5.39. The van der Waals surface area contributed by atoms with E-state index in [9.17, 15) is 19.5 Å². The minimum absolute atomic E-state index is 0.150. The molecule has 0 unspecified atom stereocenters. The standard InChI is InChI=1S/C31H33N5O7/c1-31(2,3)42-30(40)34-24(29(38)39)13-14-26(37)35-28-23(7-6-16-33-28)25-18-22(36-43-25)17-20-9-11-21(12-10-20)19-41-27-8-4-5-15-32-27/h4-12,15-16,18,24H,13-14,17,19H2,1-3H3,(H,34,40)(H,38,39)(H,33,35,37)/t24-/m0/s1. The molecule has 1 atom stereocenters. The summed E-state index contributed by atoms with van der Waals surface area (Å²) >= 11 is 0. The van der Waals surface area contributed by atoms with E-state index >= 15 is 0 Å². The fraction of sp³-hybridized carbons (Fsp3) is 0.290. The van der Waals surface area contributed by atoms with Gasteiger partial charge in [0.25, 0.3) is 0 Å². The van der Waals surface area contributed by atoms with E-state index in [1.54, 1.807) is 51.2 Å². The Morgan fingerprint density at radius 2 is 1.72 bits per heavy atom. The van der Waals surface area contributed by atoms with Crippen LogP contribution in [0.3, 0.4) is 0 Å². The van der Waals surface area contributed by atoms with Crippen molar-refractivity contribution in [3.05, 3.63) is 89.9 Å². The number of carbonyl (C=O) groups excluding carboxylic acids is 2. The average Bonchev–Trinajstić information content (AvgIpc) is 3.43. The number of carboxylic acid groups (broad SMARTS) is 1. The highest BCUT2D eigenvalue weighted by Gasteiger charge is 2.25. The quantitative estimate of drug-likeness (QED) is 0.205. The third kappa shape index (κ3) is 9.66. The van der Waals surface area contributed by atoms with Crippen molar-refractivity contribution in [3.8, 4) is 17.2 Å². The number of alkyl carbamates (subject to hydrolysis) is 1. The van der Waals surface area contributed by atoms with Gasteiger partial charge in [0, 0.05) is 37.4 Å². The number of carbonyl (C=O) groups is 3. The number of pyridine rings is 2. The largest absolute Gasteiger partial charge is 0.480 e. The number of amides is 2. The predicted molar refractivity (Wildman–Crippen MR) is 156 cm³/mol. The molecule has 0 saturated heterocycles. The second kappa shape index (κ2) is 14.1. The van der Waals surface area contributed by atoms with Crippen LogP contribution in [-0.2, 0) is 27.4 Å². The van der Waals surface area contributed by atoms with Crippen LogP contribution < -0.4 is 15.4 Å². The normalized spacial score (nSPS) is 11.8. The Hall–Kier alpha value is -5.26. The lowest BCUT2D eigenvalue weighted by Gasteiger charge is -2.21. The van der Waals surface area contributed by atoms with Gasteiger partial charge in [-0.05, 0) is 56.5 Å². The van der Waals surface area contributed by atoms with E-state index in [4.69, 9.17) is 14.0 Å². The summed E-state index contributed by atoms with van der Waals surface area (Å²) in [6.07, 6.45) is 2.50. The number of benzene rings is 1. The first kappa shape index (κ1) is 30.7. The van der Waals surface area contributed by atoms with E-state index < -0.39 is 29.6 Å². The zero-order valence-electron chi connectivity index (χ0n) is 24.1. The molecule has 0 spiro atoms. The second-order valence-corrected chi connectivity index (χ2v) is 10.7. The summed E-state index contributed by atoms with van der Waals surface area (Å²) in [5, 5.41) is 18.6. The first-order chi connectivity index (χ1) is 20.6. The molecule has 43 heavy (non-hydrogen) atoms. The summed E-state index contributed by atoms with van der Waals surface area (Å²) in [5.41, 5.74) is 2.43. The Balaban J connectivity index is 1.33. The minimum Gasteiger partial charge on any atom is -0.480 e. The van der Waals surface area contributed by atoms with Gasteiger partial charge in [0.15, 0.2) is 5.76 Å². The molecular weight excluding hydrogens is 554 g/mol. The van der Waals surface area contributed by atoms with Crippen LogP contribution in [0.4, 0.5) is 10.6 Å². The summed E-state index contributed by atoms with van der Waals surface area (Å²) in [4.78, 5) is 44.7. The molecule has 4 rings (SSSR count). The van der Waals surface area contributed by atoms with E-state index in [2.05, 4.69) is 25.8 Å². The van der Waals surface area contributed by atoms with Crippen molar-refractivity contribution >= 4 is 23.8 Å². The fourth-order valence-corrected chi connectivity index (χ4v) is 3.96. The molecule has 4 aromatic rings. The molecule has 3 aromatic heterocycles. The lowest BCUT2D eigenvalue weighted by atomic mass is 10.1. The molecule has 0 fully saturated rings. The number of hydrogen-bond donors (Lipinski definition) is 3. The number of aromatic nitrogens is 3. The maximum Gasteiger partial charge on any atom is 0.408 e. The number of nitrogens with one attached hydrogen (secondary N) is 2. The molecule has 0 aliphatic heterocycles. The van der Waals surface area contributed by atoms with E-state index in [1.165, 1.54) is 6.20 Å². The zero-order valence-corrected chi connectivity index (χ0v) is 24.1. The number of carboxylic acids is 1. The van der Waals surface area contributed by atoms with E-state index in [0.717, 1.165) is 11.1 Å². The van der Waals surface area contributed by atoms with Crippen molar-refractivity contribution in [1.29, 1.82) is 0 Å². The smallest absolute Gasteiger partial charge is 0.408 e. The van der Waals surface area contributed by atoms with Crippen LogP contribution in [-0.4, -0.2) is 49.8 Å². The molecule has 0 aliphatic rings. The van der Waals surface area contributed by atoms with Crippen LogP contribution in [0.1, 0.15) is 50.4 Å². The van der Waals surface area contributed by atoms with Crippen LogP contribution in [0.5, 0.6) is 5.88 Å². The second-order valence-electron chi connectivity index (χ2n) is 10.7. The van der Waals surface area contributed by atoms with E-state index in [-0.39, 0.29) is 18.7 Å². The molecular formula is C31H33N5O7.